The molecule has 0 bridgehead atoms. The summed E-state index contributed by atoms with van der Waals surface area (Å²) in [7, 11) is 0. The number of urea groups is 1. The Labute approximate surface area is 158 Å². The number of alkyl halides is 3. The maximum absolute atomic E-state index is 12.5. The highest BCUT2D eigenvalue weighted by Gasteiger charge is 2.30. The average Bonchev–Trinajstić information content (AvgIpc) is 3.04. The summed E-state index contributed by atoms with van der Waals surface area (Å²) in [5.41, 5.74) is 2.66. The van der Waals surface area contributed by atoms with Gasteiger partial charge in [-0.05, 0) is 49.2 Å². The fourth-order valence-electron chi connectivity index (χ4n) is 2.58. The number of halogens is 3. The monoisotopic (exact) mass is 390 g/mol. The molecule has 2 N–H and O–H groups in total. The molecule has 1 heterocycles. The van der Waals surface area contributed by atoms with Gasteiger partial charge in [0, 0.05) is 5.69 Å². The molecule has 0 fully saturated rings. The normalized spacial score (nSPS) is 11.3. The van der Waals surface area contributed by atoms with Crippen molar-refractivity contribution in [3.8, 4) is 0 Å². The summed E-state index contributed by atoms with van der Waals surface area (Å²) in [6.45, 7) is 3.98. The average molecular weight is 390 g/mol. The van der Waals surface area contributed by atoms with Gasteiger partial charge in [-0.1, -0.05) is 28.9 Å². The van der Waals surface area contributed by atoms with Crippen molar-refractivity contribution in [2.24, 2.45) is 0 Å². The van der Waals surface area contributed by atoms with Gasteiger partial charge < -0.3 is 9.73 Å². The predicted molar refractivity (Wildman–Crippen MR) is 97.1 cm³/mol. The van der Waals surface area contributed by atoms with Crippen molar-refractivity contribution in [3.63, 3.8) is 0 Å². The van der Waals surface area contributed by atoms with Crippen molar-refractivity contribution in [3.05, 3.63) is 70.6 Å². The van der Waals surface area contributed by atoms with Crippen molar-refractivity contribution in [2.45, 2.75) is 26.4 Å². The zero-order valence-electron chi connectivity index (χ0n) is 15.1. The van der Waals surface area contributed by atoms with Gasteiger partial charge in [-0.15, -0.1) is 5.10 Å². The van der Waals surface area contributed by atoms with Crippen LogP contribution in [0.4, 0.5) is 29.7 Å². The molecule has 6 nitrogen and oxygen atoms in total. The van der Waals surface area contributed by atoms with E-state index in [0.29, 0.717) is 12.3 Å². The number of hydrogen-bond acceptors (Lipinski definition) is 4. The van der Waals surface area contributed by atoms with Crippen LogP contribution in [-0.4, -0.2) is 16.2 Å². The Bertz CT molecular complexity index is 982. The van der Waals surface area contributed by atoms with E-state index >= 15 is 0 Å². The number of nitrogens with one attached hydrogen (secondary N) is 2. The number of carbonyl (C=O) groups excluding carboxylic acids is 1. The van der Waals surface area contributed by atoms with Crippen molar-refractivity contribution in [1.29, 1.82) is 0 Å². The molecule has 0 aliphatic rings. The van der Waals surface area contributed by atoms with Crippen LogP contribution in [0, 0.1) is 13.8 Å². The van der Waals surface area contributed by atoms with Gasteiger partial charge in [0.25, 0.3) is 0 Å². The second-order valence-electron chi connectivity index (χ2n) is 6.26. The molecule has 28 heavy (non-hydrogen) atoms. The first-order valence-electron chi connectivity index (χ1n) is 8.34. The zero-order valence-corrected chi connectivity index (χ0v) is 15.1. The van der Waals surface area contributed by atoms with E-state index in [1.54, 1.807) is 0 Å². The lowest BCUT2D eigenvalue weighted by atomic mass is 10.0. The van der Waals surface area contributed by atoms with Crippen molar-refractivity contribution in [2.75, 3.05) is 10.6 Å². The summed E-state index contributed by atoms with van der Waals surface area (Å²) in [6, 6.07) is 9.25. The molecule has 0 spiro atoms. The second kappa shape index (κ2) is 7.71. The number of anilines is 2. The molecule has 0 unspecified atom stereocenters. The van der Waals surface area contributed by atoms with Crippen molar-refractivity contribution < 1.29 is 22.4 Å². The Morgan fingerprint density at radius 2 is 1.75 bits per heavy atom. The smallest absolute Gasteiger partial charge is 0.407 e. The molecule has 0 saturated heterocycles. The van der Waals surface area contributed by atoms with E-state index in [0.717, 1.165) is 41.0 Å². The first-order valence-corrected chi connectivity index (χ1v) is 8.34. The van der Waals surface area contributed by atoms with Gasteiger partial charge in [-0.3, -0.25) is 5.32 Å². The molecule has 2 amide bonds. The minimum atomic E-state index is -4.43. The fraction of sp³-hybridized carbons (Fsp3) is 0.211. The largest absolute Gasteiger partial charge is 0.416 e. The highest BCUT2D eigenvalue weighted by atomic mass is 19.4. The quantitative estimate of drug-likeness (QED) is 0.661. The van der Waals surface area contributed by atoms with Gasteiger partial charge in [0.05, 0.1) is 12.0 Å². The number of aromatic nitrogens is 2. The Kier molecular flexibility index (Phi) is 5.34. The summed E-state index contributed by atoms with van der Waals surface area (Å²) in [5.74, 6) is 0.330. The molecule has 3 aromatic rings. The molecular formula is C19H17F3N4O2. The summed E-state index contributed by atoms with van der Waals surface area (Å²) in [4.78, 5) is 12.0. The van der Waals surface area contributed by atoms with Gasteiger partial charge in [0.2, 0.25) is 5.89 Å². The molecule has 0 aliphatic heterocycles. The highest BCUT2D eigenvalue weighted by Crippen LogP contribution is 2.29. The first kappa shape index (κ1) is 19.4. The fourth-order valence-corrected chi connectivity index (χ4v) is 2.58. The van der Waals surface area contributed by atoms with Crippen LogP contribution in [0.2, 0.25) is 0 Å². The number of rotatable bonds is 4. The van der Waals surface area contributed by atoms with Crippen LogP contribution in [0.1, 0.15) is 28.1 Å². The van der Waals surface area contributed by atoms with Crippen LogP contribution in [0.15, 0.2) is 46.9 Å². The van der Waals surface area contributed by atoms with Crippen LogP contribution < -0.4 is 10.6 Å². The molecule has 1 aromatic heterocycles. The number of hydrogen-bond donors (Lipinski definition) is 2. The summed E-state index contributed by atoms with van der Waals surface area (Å²) >= 11 is 0. The van der Waals surface area contributed by atoms with Crippen LogP contribution in [0.5, 0.6) is 0 Å². The topological polar surface area (TPSA) is 80.0 Å². The predicted octanol–water partition coefficient (Wildman–Crippen LogP) is 4.94. The van der Waals surface area contributed by atoms with E-state index in [1.807, 2.05) is 32.0 Å². The maximum Gasteiger partial charge on any atom is 0.416 e. The van der Waals surface area contributed by atoms with Crippen molar-refractivity contribution in [1.82, 2.24) is 10.2 Å². The third-order valence-electron chi connectivity index (χ3n) is 4.00. The zero-order chi connectivity index (χ0) is 20.3. The third kappa shape index (κ3) is 4.87. The molecule has 3 rings (SSSR count). The van der Waals surface area contributed by atoms with Gasteiger partial charge in [-0.2, -0.15) is 13.2 Å². The molecular weight excluding hydrogens is 373 g/mol. The second-order valence-corrected chi connectivity index (χ2v) is 6.26. The first-order chi connectivity index (χ1) is 13.2. The van der Waals surface area contributed by atoms with Crippen LogP contribution in [0.25, 0.3) is 0 Å². The Hall–Kier alpha value is -3.36. The van der Waals surface area contributed by atoms with Crippen LogP contribution in [0.3, 0.4) is 0 Å². The van der Waals surface area contributed by atoms with Gasteiger partial charge in [0.1, 0.15) is 0 Å². The Balaban J connectivity index is 1.59. The molecule has 0 radical (unpaired) electrons. The lowest BCUT2D eigenvalue weighted by molar-refractivity contribution is -0.137. The van der Waals surface area contributed by atoms with E-state index in [4.69, 9.17) is 4.42 Å². The van der Waals surface area contributed by atoms with Gasteiger partial charge >= 0.3 is 18.2 Å². The van der Waals surface area contributed by atoms with Crippen LogP contribution in [-0.2, 0) is 12.6 Å². The van der Waals surface area contributed by atoms with E-state index in [-0.39, 0.29) is 11.7 Å². The third-order valence-corrected chi connectivity index (χ3v) is 4.00. The molecule has 0 aliphatic carbocycles. The lowest BCUT2D eigenvalue weighted by Crippen LogP contribution is -2.19. The minimum Gasteiger partial charge on any atom is -0.407 e. The molecule has 146 valence electrons. The lowest BCUT2D eigenvalue weighted by Gasteiger charge is -2.08. The van der Waals surface area contributed by atoms with Crippen molar-refractivity contribution >= 4 is 17.7 Å². The van der Waals surface area contributed by atoms with Gasteiger partial charge in [-0.25, -0.2) is 4.79 Å². The Morgan fingerprint density at radius 1 is 1.04 bits per heavy atom. The molecule has 2 aromatic carbocycles. The van der Waals surface area contributed by atoms with Crippen LogP contribution >= 0.6 is 0 Å². The SMILES string of the molecule is Cc1ccc(Cc2nnc(NC(=O)Nc3ccc(C(F)(F)F)cc3)o2)c(C)c1. The number of amides is 2. The summed E-state index contributed by atoms with van der Waals surface area (Å²) < 4.78 is 43.0. The summed E-state index contributed by atoms with van der Waals surface area (Å²) in [5, 5.41) is 12.4. The standard InChI is InChI=1S/C19H17F3N4O2/c1-11-3-4-13(12(2)9-11)10-16-25-26-18(28-16)24-17(27)23-15-7-5-14(6-8-15)19(20,21)22/h3-9H,10H2,1-2H3,(H2,23,24,26,27). The molecule has 9 heteroatoms. The van der Waals surface area contributed by atoms with E-state index in [1.165, 1.54) is 0 Å². The number of benzene rings is 2. The van der Waals surface area contributed by atoms with Gasteiger partial charge in [0.15, 0.2) is 0 Å². The van der Waals surface area contributed by atoms with E-state index < -0.39 is 17.8 Å². The Morgan fingerprint density at radius 3 is 2.39 bits per heavy atom. The summed E-state index contributed by atoms with van der Waals surface area (Å²) in [6.07, 6.45) is -4.02. The highest BCUT2D eigenvalue weighted by molar-refractivity contribution is 5.98. The minimum absolute atomic E-state index is 0.107. The maximum atomic E-state index is 12.5. The number of nitrogens with zero attached hydrogens (tertiary/aromatic N) is 2. The number of aryl methyl sites for hydroxylation is 2. The molecule has 0 saturated carbocycles. The van der Waals surface area contributed by atoms with E-state index in [2.05, 4.69) is 20.8 Å². The number of carbonyl (C=O) groups is 1. The molecule has 0 atom stereocenters. The van der Waals surface area contributed by atoms with E-state index in [9.17, 15) is 18.0 Å².